The van der Waals surface area contributed by atoms with E-state index in [1.165, 1.54) is 0 Å². The maximum absolute atomic E-state index is 13.3. The molecular formula is C9H12FN5O. The summed E-state index contributed by atoms with van der Waals surface area (Å²) in [6.07, 6.45) is 0. The highest BCUT2D eigenvalue weighted by molar-refractivity contribution is 5.93. The summed E-state index contributed by atoms with van der Waals surface area (Å²) in [5.74, 6) is -1.28. The number of nitrogens with zero attached hydrogens (tertiary/aromatic N) is 2. The molecule has 7 heteroatoms. The monoisotopic (exact) mass is 225 g/mol. The standard InChI is InChI=1S/C9H12FN5O/c1-4-2-5(10)6(3-7(4)16)14-9(13)15-8(11)12/h2-3,16H,1H3,(H6,11,12,13,14,15). The second kappa shape index (κ2) is 4.47. The van der Waals surface area contributed by atoms with Crippen molar-refractivity contribution in [2.24, 2.45) is 27.2 Å². The molecule has 16 heavy (non-hydrogen) atoms. The molecule has 0 atom stereocenters. The molecule has 86 valence electrons. The molecular weight excluding hydrogens is 213 g/mol. The van der Waals surface area contributed by atoms with Crippen LogP contribution in [0.15, 0.2) is 22.1 Å². The van der Waals surface area contributed by atoms with Crippen LogP contribution in [0.25, 0.3) is 0 Å². The van der Waals surface area contributed by atoms with Crippen molar-refractivity contribution < 1.29 is 9.50 Å². The van der Waals surface area contributed by atoms with Crippen molar-refractivity contribution in [3.63, 3.8) is 0 Å². The molecule has 1 aromatic rings. The molecule has 0 saturated carbocycles. The lowest BCUT2D eigenvalue weighted by Crippen LogP contribution is -2.26. The first-order valence-electron chi connectivity index (χ1n) is 4.33. The molecule has 0 spiro atoms. The zero-order chi connectivity index (χ0) is 12.3. The van der Waals surface area contributed by atoms with Gasteiger partial charge in [-0.25, -0.2) is 9.38 Å². The Morgan fingerprint density at radius 2 is 1.94 bits per heavy atom. The molecule has 0 aliphatic carbocycles. The van der Waals surface area contributed by atoms with Gasteiger partial charge >= 0.3 is 0 Å². The van der Waals surface area contributed by atoms with Crippen molar-refractivity contribution in [3.05, 3.63) is 23.5 Å². The average molecular weight is 225 g/mol. The van der Waals surface area contributed by atoms with Crippen molar-refractivity contribution in [3.8, 4) is 5.75 Å². The van der Waals surface area contributed by atoms with E-state index in [0.717, 1.165) is 12.1 Å². The molecule has 0 fully saturated rings. The van der Waals surface area contributed by atoms with Crippen molar-refractivity contribution in [1.82, 2.24) is 0 Å². The third kappa shape index (κ3) is 2.84. The fourth-order valence-corrected chi connectivity index (χ4v) is 1.02. The Morgan fingerprint density at radius 1 is 1.31 bits per heavy atom. The lowest BCUT2D eigenvalue weighted by molar-refractivity contribution is 0.469. The summed E-state index contributed by atoms with van der Waals surface area (Å²) in [6, 6.07) is 2.27. The van der Waals surface area contributed by atoms with Crippen LogP contribution >= 0.6 is 0 Å². The lowest BCUT2D eigenvalue weighted by Gasteiger charge is -2.02. The highest BCUT2D eigenvalue weighted by atomic mass is 19.1. The number of hydrogen-bond acceptors (Lipinski definition) is 2. The first kappa shape index (κ1) is 11.8. The van der Waals surface area contributed by atoms with E-state index in [-0.39, 0.29) is 23.4 Å². The third-order valence-electron chi connectivity index (χ3n) is 1.74. The summed E-state index contributed by atoms with van der Waals surface area (Å²) in [5.41, 5.74) is 15.7. The van der Waals surface area contributed by atoms with E-state index in [9.17, 15) is 9.50 Å². The molecule has 0 bridgehead atoms. The number of aromatic hydroxyl groups is 1. The Balaban J connectivity index is 3.15. The molecule has 0 heterocycles. The maximum Gasteiger partial charge on any atom is 0.223 e. The molecule has 0 aliphatic heterocycles. The number of aryl methyl sites for hydroxylation is 1. The van der Waals surface area contributed by atoms with Crippen molar-refractivity contribution >= 4 is 17.6 Å². The van der Waals surface area contributed by atoms with E-state index in [2.05, 4.69) is 9.98 Å². The molecule has 0 unspecified atom stereocenters. The van der Waals surface area contributed by atoms with Gasteiger partial charge in [-0.15, -0.1) is 0 Å². The number of benzene rings is 1. The summed E-state index contributed by atoms with van der Waals surface area (Å²) >= 11 is 0. The Bertz CT molecular complexity index is 465. The first-order valence-corrected chi connectivity index (χ1v) is 4.33. The van der Waals surface area contributed by atoms with E-state index in [1.807, 2.05) is 0 Å². The first-order chi connectivity index (χ1) is 7.40. The smallest absolute Gasteiger partial charge is 0.223 e. The average Bonchev–Trinajstić information content (AvgIpc) is 2.12. The predicted octanol–water partition coefficient (Wildman–Crippen LogP) is 0.0593. The Labute approximate surface area is 91.3 Å². The van der Waals surface area contributed by atoms with Crippen LogP contribution in [0.3, 0.4) is 0 Å². The predicted molar refractivity (Wildman–Crippen MR) is 59.9 cm³/mol. The molecule has 7 N–H and O–H groups in total. The number of aliphatic imine (C=N–C) groups is 2. The Hall–Kier alpha value is -2.31. The topological polar surface area (TPSA) is 123 Å². The number of hydrogen-bond donors (Lipinski definition) is 4. The SMILES string of the molecule is Cc1cc(F)c(N=C(N)N=C(N)N)cc1O. The summed E-state index contributed by atoms with van der Waals surface area (Å²) in [7, 11) is 0. The van der Waals surface area contributed by atoms with Crippen LogP contribution in [-0.2, 0) is 0 Å². The van der Waals surface area contributed by atoms with Gasteiger partial charge in [-0.05, 0) is 18.6 Å². The van der Waals surface area contributed by atoms with Gasteiger partial charge in [-0.2, -0.15) is 4.99 Å². The second-order valence-corrected chi connectivity index (χ2v) is 3.10. The van der Waals surface area contributed by atoms with E-state index in [4.69, 9.17) is 17.2 Å². The molecule has 0 aliphatic rings. The van der Waals surface area contributed by atoms with Gasteiger partial charge in [-0.1, -0.05) is 0 Å². The van der Waals surface area contributed by atoms with E-state index < -0.39 is 5.82 Å². The van der Waals surface area contributed by atoms with Gasteiger partial charge < -0.3 is 22.3 Å². The van der Waals surface area contributed by atoms with Gasteiger partial charge in [0.05, 0.1) is 0 Å². The third-order valence-corrected chi connectivity index (χ3v) is 1.74. The van der Waals surface area contributed by atoms with Gasteiger partial charge in [0.1, 0.15) is 17.3 Å². The number of nitrogens with two attached hydrogens (primary N) is 3. The lowest BCUT2D eigenvalue weighted by atomic mass is 10.2. The van der Waals surface area contributed by atoms with E-state index in [0.29, 0.717) is 5.56 Å². The molecule has 0 radical (unpaired) electrons. The van der Waals surface area contributed by atoms with Crippen LogP contribution in [0.4, 0.5) is 10.1 Å². The Morgan fingerprint density at radius 3 is 2.50 bits per heavy atom. The Kier molecular flexibility index (Phi) is 3.29. The second-order valence-electron chi connectivity index (χ2n) is 3.10. The molecule has 0 saturated heterocycles. The van der Waals surface area contributed by atoms with E-state index in [1.54, 1.807) is 6.92 Å². The molecule has 1 rings (SSSR count). The van der Waals surface area contributed by atoms with Crippen molar-refractivity contribution in [2.45, 2.75) is 6.92 Å². The van der Waals surface area contributed by atoms with Crippen LogP contribution in [0, 0.1) is 12.7 Å². The minimum absolute atomic E-state index is 0.0855. The highest BCUT2D eigenvalue weighted by Gasteiger charge is 2.06. The van der Waals surface area contributed by atoms with Crippen molar-refractivity contribution in [2.75, 3.05) is 0 Å². The van der Waals surface area contributed by atoms with Gasteiger partial charge in [0.2, 0.25) is 5.96 Å². The molecule has 0 aromatic heterocycles. The molecule has 0 amide bonds. The highest BCUT2D eigenvalue weighted by Crippen LogP contribution is 2.26. The van der Waals surface area contributed by atoms with Crippen molar-refractivity contribution in [1.29, 1.82) is 0 Å². The number of phenolic OH excluding ortho intramolecular Hbond substituents is 1. The van der Waals surface area contributed by atoms with Crippen LogP contribution in [0.1, 0.15) is 5.56 Å². The summed E-state index contributed by atoms with van der Waals surface area (Å²) in [6.45, 7) is 1.56. The van der Waals surface area contributed by atoms with Gasteiger partial charge in [-0.3, -0.25) is 0 Å². The number of guanidine groups is 2. The summed E-state index contributed by atoms with van der Waals surface area (Å²) in [5, 5.41) is 9.36. The maximum atomic E-state index is 13.3. The van der Waals surface area contributed by atoms with Crippen LogP contribution in [0.2, 0.25) is 0 Å². The molecule has 1 aromatic carbocycles. The van der Waals surface area contributed by atoms with Gasteiger partial charge in [0, 0.05) is 6.07 Å². The number of rotatable bonds is 1. The van der Waals surface area contributed by atoms with Gasteiger partial charge in [0.25, 0.3) is 0 Å². The zero-order valence-electron chi connectivity index (χ0n) is 8.61. The van der Waals surface area contributed by atoms with E-state index >= 15 is 0 Å². The quantitative estimate of drug-likeness (QED) is 0.398. The zero-order valence-corrected chi connectivity index (χ0v) is 8.61. The summed E-state index contributed by atoms with van der Waals surface area (Å²) < 4.78 is 13.3. The number of phenols is 1. The fraction of sp³-hybridized carbons (Fsp3) is 0.111. The summed E-state index contributed by atoms with van der Waals surface area (Å²) in [4.78, 5) is 7.03. The fourth-order valence-electron chi connectivity index (χ4n) is 1.02. The van der Waals surface area contributed by atoms with Crippen LogP contribution < -0.4 is 17.2 Å². The van der Waals surface area contributed by atoms with Crippen LogP contribution in [-0.4, -0.2) is 17.0 Å². The van der Waals surface area contributed by atoms with Gasteiger partial charge in [0.15, 0.2) is 5.96 Å². The largest absolute Gasteiger partial charge is 0.508 e. The molecule has 6 nitrogen and oxygen atoms in total. The normalized spacial score (nSPS) is 11.2. The minimum Gasteiger partial charge on any atom is -0.508 e. The minimum atomic E-state index is -0.621. The number of halogens is 1. The van der Waals surface area contributed by atoms with Crippen LogP contribution in [0.5, 0.6) is 5.75 Å².